The van der Waals surface area contributed by atoms with E-state index in [0.717, 1.165) is 38.1 Å². The van der Waals surface area contributed by atoms with Gasteiger partial charge in [-0.2, -0.15) is 0 Å². The van der Waals surface area contributed by atoms with Crippen LogP contribution >= 0.6 is 11.6 Å². The standard InChI is InChI=1S/C15H26ClNO/c1-11-7-8-17(12(2)9-11)10-15(18)13-3-5-14(16)6-4-13/h11-14H,3-10H2,1-2H3. The van der Waals surface area contributed by atoms with Gasteiger partial charge in [0.05, 0.1) is 6.54 Å². The smallest absolute Gasteiger partial charge is 0.149 e. The molecule has 1 aliphatic carbocycles. The number of halogens is 1. The number of Topliss-reactive ketones (excluding diaryl/α,β-unsaturated/α-hetero) is 1. The van der Waals surface area contributed by atoms with E-state index in [9.17, 15) is 4.79 Å². The molecule has 3 heteroatoms. The second-order valence-electron chi connectivity index (χ2n) is 6.36. The monoisotopic (exact) mass is 271 g/mol. The van der Waals surface area contributed by atoms with Crippen molar-refractivity contribution < 1.29 is 4.79 Å². The van der Waals surface area contributed by atoms with Gasteiger partial charge in [0.1, 0.15) is 5.78 Å². The van der Waals surface area contributed by atoms with Crippen molar-refractivity contribution in [1.82, 2.24) is 4.90 Å². The number of ketones is 1. The van der Waals surface area contributed by atoms with Gasteiger partial charge in [-0.1, -0.05) is 6.92 Å². The molecule has 0 spiro atoms. The van der Waals surface area contributed by atoms with Crippen LogP contribution in [0.4, 0.5) is 0 Å². The van der Waals surface area contributed by atoms with Crippen LogP contribution in [0, 0.1) is 11.8 Å². The van der Waals surface area contributed by atoms with Crippen molar-refractivity contribution in [2.24, 2.45) is 11.8 Å². The molecule has 2 rings (SSSR count). The predicted octanol–water partition coefficient (Wildman–Crippen LogP) is 3.47. The largest absolute Gasteiger partial charge is 0.298 e. The summed E-state index contributed by atoms with van der Waals surface area (Å²) < 4.78 is 0. The van der Waals surface area contributed by atoms with Crippen molar-refractivity contribution in [1.29, 1.82) is 0 Å². The van der Waals surface area contributed by atoms with Crippen molar-refractivity contribution in [3.05, 3.63) is 0 Å². The summed E-state index contributed by atoms with van der Waals surface area (Å²) in [6, 6.07) is 0.571. The lowest BCUT2D eigenvalue weighted by Gasteiger charge is -2.37. The average Bonchev–Trinajstić information content (AvgIpc) is 2.33. The molecule has 0 aromatic rings. The van der Waals surface area contributed by atoms with Crippen LogP contribution in [0.15, 0.2) is 0 Å². The number of carbonyl (C=O) groups excluding carboxylic acids is 1. The number of rotatable bonds is 3. The van der Waals surface area contributed by atoms with Crippen molar-refractivity contribution in [3.8, 4) is 0 Å². The van der Waals surface area contributed by atoms with Gasteiger partial charge in [-0.05, 0) is 57.9 Å². The zero-order chi connectivity index (χ0) is 13.1. The van der Waals surface area contributed by atoms with Crippen LogP contribution in [0.3, 0.4) is 0 Å². The Kier molecular flexibility index (Phi) is 5.08. The van der Waals surface area contributed by atoms with Gasteiger partial charge in [0.15, 0.2) is 0 Å². The fraction of sp³-hybridized carbons (Fsp3) is 0.933. The van der Waals surface area contributed by atoms with E-state index in [4.69, 9.17) is 11.6 Å². The first-order valence-electron chi connectivity index (χ1n) is 7.47. The highest BCUT2D eigenvalue weighted by Crippen LogP contribution is 2.29. The predicted molar refractivity (Wildman–Crippen MR) is 76.0 cm³/mol. The molecule has 0 aromatic carbocycles. The van der Waals surface area contributed by atoms with E-state index in [1.807, 2.05) is 0 Å². The average molecular weight is 272 g/mol. The molecule has 0 aromatic heterocycles. The van der Waals surface area contributed by atoms with E-state index in [0.29, 0.717) is 23.7 Å². The fourth-order valence-corrected chi connectivity index (χ4v) is 3.65. The van der Waals surface area contributed by atoms with Gasteiger partial charge in [0, 0.05) is 17.3 Å². The highest BCUT2D eigenvalue weighted by Gasteiger charge is 2.29. The van der Waals surface area contributed by atoms with E-state index in [1.54, 1.807) is 0 Å². The van der Waals surface area contributed by atoms with Crippen LogP contribution in [-0.4, -0.2) is 35.2 Å². The van der Waals surface area contributed by atoms with Gasteiger partial charge in [-0.25, -0.2) is 0 Å². The maximum atomic E-state index is 12.3. The number of hydrogen-bond donors (Lipinski definition) is 0. The quantitative estimate of drug-likeness (QED) is 0.733. The molecule has 1 heterocycles. The maximum absolute atomic E-state index is 12.3. The topological polar surface area (TPSA) is 20.3 Å². The van der Waals surface area contributed by atoms with Gasteiger partial charge < -0.3 is 0 Å². The first-order chi connectivity index (χ1) is 8.56. The van der Waals surface area contributed by atoms with Crippen molar-refractivity contribution in [3.63, 3.8) is 0 Å². The van der Waals surface area contributed by atoms with E-state index >= 15 is 0 Å². The number of piperidine rings is 1. The third kappa shape index (κ3) is 3.71. The minimum atomic E-state index is 0.284. The van der Waals surface area contributed by atoms with Crippen molar-refractivity contribution in [2.45, 2.75) is 63.8 Å². The fourth-order valence-electron chi connectivity index (χ4n) is 3.39. The molecule has 18 heavy (non-hydrogen) atoms. The highest BCUT2D eigenvalue weighted by molar-refractivity contribution is 6.20. The molecule has 0 N–H and O–H groups in total. The van der Waals surface area contributed by atoms with E-state index < -0.39 is 0 Å². The molecule has 0 amide bonds. The van der Waals surface area contributed by atoms with Gasteiger partial charge in [-0.15, -0.1) is 11.6 Å². The molecule has 1 saturated carbocycles. The van der Waals surface area contributed by atoms with E-state index in [1.165, 1.54) is 12.8 Å². The maximum Gasteiger partial charge on any atom is 0.149 e. The molecule has 104 valence electrons. The lowest BCUT2D eigenvalue weighted by atomic mass is 9.85. The van der Waals surface area contributed by atoms with Gasteiger partial charge in [0.25, 0.3) is 0 Å². The Hall–Kier alpha value is -0.0800. The summed E-state index contributed by atoms with van der Waals surface area (Å²) in [7, 11) is 0. The summed E-state index contributed by atoms with van der Waals surface area (Å²) in [6.45, 7) is 6.35. The Balaban J connectivity index is 1.80. The molecule has 2 nitrogen and oxygen atoms in total. The molecule has 2 fully saturated rings. The molecule has 2 atom stereocenters. The second kappa shape index (κ2) is 6.38. The summed E-state index contributed by atoms with van der Waals surface area (Å²) in [6.07, 6.45) is 6.53. The molecule has 0 bridgehead atoms. The SMILES string of the molecule is CC1CCN(CC(=O)C2CCC(Cl)CC2)C(C)C1. The summed E-state index contributed by atoms with van der Waals surface area (Å²) >= 11 is 6.10. The van der Waals surface area contributed by atoms with Crippen LogP contribution in [0.25, 0.3) is 0 Å². The summed E-state index contributed by atoms with van der Waals surface area (Å²) in [5, 5.41) is 0.309. The zero-order valence-electron chi connectivity index (χ0n) is 11.7. The Labute approximate surface area is 116 Å². The summed E-state index contributed by atoms with van der Waals surface area (Å²) in [5.74, 6) is 1.56. The molecule has 0 radical (unpaired) electrons. The van der Waals surface area contributed by atoms with Crippen LogP contribution in [-0.2, 0) is 4.79 Å². The highest BCUT2D eigenvalue weighted by atomic mass is 35.5. The van der Waals surface area contributed by atoms with Crippen LogP contribution in [0.1, 0.15) is 52.4 Å². The summed E-state index contributed by atoms with van der Waals surface area (Å²) in [4.78, 5) is 14.7. The zero-order valence-corrected chi connectivity index (χ0v) is 12.5. The number of alkyl halides is 1. The summed E-state index contributed by atoms with van der Waals surface area (Å²) in [5.41, 5.74) is 0. The van der Waals surface area contributed by atoms with Crippen LogP contribution in [0.2, 0.25) is 0 Å². The number of nitrogens with zero attached hydrogens (tertiary/aromatic N) is 1. The molecule has 1 aliphatic heterocycles. The molecule has 1 saturated heterocycles. The first-order valence-corrected chi connectivity index (χ1v) is 7.90. The Morgan fingerprint density at radius 3 is 2.44 bits per heavy atom. The van der Waals surface area contributed by atoms with E-state index in [-0.39, 0.29) is 5.92 Å². The molecular formula is C15H26ClNO. The molecule has 2 unspecified atom stereocenters. The third-order valence-electron chi connectivity index (χ3n) is 4.75. The van der Waals surface area contributed by atoms with Gasteiger partial charge >= 0.3 is 0 Å². The third-order valence-corrected chi connectivity index (χ3v) is 5.18. The number of hydrogen-bond acceptors (Lipinski definition) is 2. The van der Waals surface area contributed by atoms with Gasteiger partial charge in [0.2, 0.25) is 0 Å². The minimum absolute atomic E-state index is 0.284. The first kappa shape index (κ1) is 14.3. The number of carbonyl (C=O) groups is 1. The Morgan fingerprint density at radius 2 is 1.83 bits per heavy atom. The van der Waals surface area contributed by atoms with Crippen molar-refractivity contribution >= 4 is 17.4 Å². The second-order valence-corrected chi connectivity index (χ2v) is 6.98. The lowest BCUT2D eigenvalue weighted by Crippen LogP contribution is -2.44. The van der Waals surface area contributed by atoms with E-state index in [2.05, 4.69) is 18.7 Å². The van der Waals surface area contributed by atoms with Gasteiger partial charge in [-0.3, -0.25) is 9.69 Å². The lowest BCUT2D eigenvalue weighted by molar-refractivity contribution is -0.125. The Bertz CT molecular complexity index is 286. The normalized spacial score (nSPS) is 38.6. The Morgan fingerprint density at radius 1 is 1.17 bits per heavy atom. The number of likely N-dealkylation sites (tertiary alicyclic amines) is 1. The minimum Gasteiger partial charge on any atom is -0.298 e. The van der Waals surface area contributed by atoms with Crippen LogP contribution < -0.4 is 0 Å². The molecular weight excluding hydrogens is 246 g/mol. The van der Waals surface area contributed by atoms with Crippen molar-refractivity contribution in [2.75, 3.05) is 13.1 Å². The molecule has 2 aliphatic rings. The van der Waals surface area contributed by atoms with Crippen LogP contribution in [0.5, 0.6) is 0 Å².